The van der Waals surface area contributed by atoms with Gasteiger partial charge in [-0.25, -0.2) is 9.98 Å². The van der Waals surface area contributed by atoms with Crippen molar-refractivity contribution in [2.75, 3.05) is 5.32 Å². The molecule has 0 saturated carbocycles. The van der Waals surface area contributed by atoms with Crippen LogP contribution in [0, 0.1) is 5.92 Å². The maximum absolute atomic E-state index is 12.0. The number of hydrogen-bond acceptors (Lipinski definition) is 5. The molecule has 1 unspecified atom stereocenters. The third-order valence-electron chi connectivity index (χ3n) is 3.14. The smallest absolute Gasteiger partial charge is 0.262 e. The lowest BCUT2D eigenvalue weighted by atomic mass is 10.0. The number of thiazole rings is 1. The zero-order valence-corrected chi connectivity index (χ0v) is 11.3. The molecule has 0 bridgehead atoms. The number of ketones is 1. The van der Waals surface area contributed by atoms with Crippen LogP contribution in [-0.2, 0) is 16.0 Å². The molecule has 1 aromatic rings. The van der Waals surface area contributed by atoms with Crippen LogP contribution in [0.4, 0.5) is 5.13 Å². The maximum Gasteiger partial charge on any atom is 0.262 e. The third-order valence-corrected chi connectivity index (χ3v) is 4.19. The summed E-state index contributed by atoms with van der Waals surface area (Å²) in [5, 5.41) is 2.96. The number of aromatic nitrogens is 1. The molecule has 1 aromatic heterocycles. The fourth-order valence-corrected chi connectivity index (χ4v) is 3.13. The van der Waals surface area contributed by atoms with E-state index in [-0.39, 0.29) is 5.78 Å². The molecule has 1 aliphatic heterocycles. The number of carbonyl (C=O) groups excluding carboxylic acids is 3. The molecule has 1 aliphatic carbocycles. The molecule has 0 radical (unpaired) electrons. The van der Waals surface area contributed by atoms with Crippen LogP contribution in [0.2, 0.25) is 0 Å². The quantitative estimate of drug-likeness (QED) is 0.833. The van der Waals surface area contributed by atoms with E-state index in [2.05, 4.69) is 15.3 Å². The standard InChI is InChI=1S/C13H11N3O3S/c17-9-5-1-4-8-10(9)20-13(15-8)16-12(19)7-3-2-6-14-11(7)18/h2-3,6-7H,1,4-5H2,(H,15,16,19). The summed E-state index contributed by atoms with van der Waals surface area (Å²) in [6.07, 6.45) is 6.47. The zero-order valence-electron chi connectivity index (χ0n) is 10.5. The number of nitrogens with one attached hydrogen (secondary N) is 1. The number of Topliss-reactive ketones (excluding diaryl/α,β-unsaturated/α-hetero) is 1. The summed E-state index contributed by atoms with van der Waals surface area (Å²) in [5.74, 6) is -1.82. The van der Waals surface area contributed by atoms with Gasteiger partial charge in [0.25, 0.3) is 5.91 Å². The number of anilines is 1. The van der Waals surface area contributed by atoms with Crippen LogP contribution in [0.25, 0.3) is 0 Å². The van der Waals surface area contributed by atoms with Crippen LogP contribution in [0.3, 0.4) is 0 Å². The van der Waals surface area contributed by atoms with E-state index in [0.717, 1.165) is 18.5 Å². The summed E-state index contributed by atoms with van der Waals surface area (Å²) in [7, 11) is 0. The zero-order chi connectivity index (χ0) is 14.1. The van der Waals surface area contributed by atoms with E-state index < -0.39 is 17.7 Å². The van der Waals surface area contributed by atoms with E-state index >= 15 is 0 Å². The molecule has 2 amide bonds. The Morgan fingerprint density at radius 3 is 2.95 bits per heavy atom. The van der Waals surface area contributed by atoms with Crippen LogP contribution >= 0.6 is 11.3 Å². The van der Waals surface area contributed by atoms with Crippen molar-refractivity contribution in [2.24, 2.45) is 10.9 Å². The highest BCUT2D eigenvalue weighted by molar-refractivity contribution is 7.17. The molecule has 0 aromatic carbocycles. The summed E-state index contributed by atoms with van der Waals surface area (Å²) < 4.78 is 0. The molecular weight excluding hydrogens is 278 g/mol. The Morgan fingerprint density at radius 2 is 2.20 bits per heavy atom. The Kier molecular flexibility index (Phi) is 3.27. The van der Waals surface area contributed by atoms with Gasteiger partial charge < -0.3 is 5.32 Å². The van der Waals surface area contributed by atoms with Gasteiger partial charge in [-0.3, -0.25) is 14.4 Å². The van der Waals surface area contributed by atoms with Gasteiger partial charge in [0.05, 0.1) is 10.6 Å². The highest BCUT2D eigenvalue weighted by Crippen LogP contribution is 2.29. The molecule has 3 rings (SSSR count). The van der Waals surface area contributed by atoms with Crippen molar-refractivity contribution >= 4 is 40.3 Å². The average Bonchev–Trinajstić information content (AvgIpc) is 2.83. The minimum absolute atomic E-state index is 0.0717. The highest BCUT2D eigenvalue weighted by Gasteiger charge is 2.27. The number of nitrogens with zero attached hydrogens (tertiary/aromatic N) is 2. The number of hydrogen-bond donors (Lipinski definition) is 1. The Morgan fingerprint density at radius 1 is 1.35 bits per heavy atom. The molecule has 102 valence electrons. The first-order valence-corrected chi connectivity index (χ1v) is 7.05. The van der Waals surface area contributed by atoms with Gasteiger partial charge in [0.15, 0.2) is 10.9 Å². The van der Waals surface area contributed by atoms with Gasteiger partial charge in [0, 0.05) is 12.6 Å². The average molecular weight is 289 g/mol. The largest absolute Gasteiger partial charge is 0.301 e. The van der Waals surface area contributed by atoms with Gasteiger partial charge in [0.2, 0.25) is 5.91 Å². The first kappa shape index (κ1) is 12.9. The Balaban J connectivity index is 1.77. The van der Waals surface area contributed by atoms with Gasteiger partial charge in [-0.1, -0.05) is 17.4 Å². The molecule has 0 spiro atoms. The predicted octanol–water partition coefficient (Wildman–Crippen LogP) is 1.38. The van der Waals surface area contributed by atoms with Crippen LogP contribution in [0.15, 0.2) is 17.1 Å². The topological polar surface area (TPSA) is 88.5 Å². The van der Waals surface area contributed by atoms with Crippen LogP contribution < -0.4 is 5.32 Å². The van der Waals surface area contributed by atoms with E-state index in [4.69, 9.17) is 0 Å². The summed E-state index contributed by atoms with van der Waals surface area (Å²) >= 11 is 1.17. The van der Waals surface area contributed by atoms with Gasteiger partial charge in [0.1, 0.15) is 5.92 Å². The molecule has 6 nitrogen and oxygen atoms in total. The first-order chi connectivity index (χ1) is 9.65. The van der Waals surface area contributed by atoms with E-state index in [1.807, 2.05) is 0 Å². The van der Waals surface area contributed by atoms with Crippen molar-refractivity contribution in [3.05, 3.63) is 22.7 Å². The van der Waals surface area contributed by atoms with Gasteiger partial charge in [-0.15, -0.1) is 0 Å². The van der Waals surface area contributed by atoms with Crippen LogP contribution in [0.1, 0.15) is 28.2 Å². The van der Waals surface area contributed by atoms with Crippen LogP contribution in [-0.4, -0.2) is 28.8 Å². The summed E-state index contributed by atoms with van der Waals surface area (Å²) in [5.41, 5.74) is 0.741. The van der Waals surface area contributed by atoms with E-state index in [1.54, 1.807) is 6.08 Å². The molecule has 7 heteroatoms. The first-order valence-electron chi connectivity index (χ1n) is 6.23. The highest BCUT2D eigenvalue weighted by atomic mass is 32.1. The SMILES string of the molecule is O=C1CCCc2nc(NC(=O)C3C=CC=NC3=O)sc21. The van der Waals surface area contributed by atoms with E-state index in [9.17, 15) is 14.4 Å². The third kappa shape index (κ3) is 2.32. The van der Waals surface area contributed by atoms with Gasteiger partial charge in [-0.05, 0) is 18.9 Å². The summed E-state index contributed by atoms with van der Waals surface area (Å²) in [6.45, 7) is 0. The van der Waals surface area contributed by atoms with Crippen molar-refractivity contribution < 1.29 is 14.4 Å². The number of rotatable bonds is 2. The van der Waals surface area contributed by atoms with Gasteiger partial charge >= 0.3 is 0 Å². The number of carbonyl (C=O) groups is 3. The maximum atomic E-state index is 12.0. The van der Waals surface area contributed by atoms with E-state index in [1.165, 1.54) is 23.6 Å². The van der Waals surface area contributed by atoms with Crippen LogP contribution in [0.5, 0.6) is 0 Å². The van der Waals surface area contributed by atoms with Crippen molar-refractivity contribution in [3.63, 3.8) is 0 Å². The molecule has 0 fully saturated rings. The number of aliphatic imine (C=N–C) groups is 1. The fourth-order valence-electron chi connectivity index (χ4n) is 2.15. The lowest BCUT2D eigenvalue weighted by Crippen LogP contribution is -2.28. The van der Waals surface area contributed by atoms with Crippen molar-refractivity contribution in [1.82, 2.24) is 4.98 Å². The summed E-state index contributed by atoms with van der Waals surface area (Å²) in [6, 6.07) is 0. The number of aryl methyl sites for hydroxylation is 1. The second kappa shape index (κ2) is 5.09. The minimum atomic E-state index is -0.920. The summed E-state index contributed by atoms with van der Waals surface area (Å²) in [4.78, 5) is 43.6. The predicted molar refractivity (Wildman–Crippen MR) is 74.1 cm³/mol. The molecule has 2 heterocycles. The van der Waals surface area contributed by atoms with Crippen molar-refractivity contribution in [1.29, 1.82) is 0 Å². The minimum Gasteiger partial charge on any atom is -0.301 e. The normalized spacial score (nSPS) is 20.9. The Hall–Kier alpha value is -2.15. The number of amides is 2. The van der Waals surface area contributed by atoms with Gasteiger partial charge in [-0.2, -0.15) is 0 Å². The lowest BCUT2D eigenvalue weighted by Gasteiger charge is -2.09. The van der Waals surface area contributed by atoms with E-state index in [0.29, 0.717) is 16.4 Å². The Bertz CT molecular complexity index is 660. The molecule has 1 N–H and O–H groups in total. The number of fused-ring (bicyclic) bond motifs is 1. The van der Waals surface area contributed by atoms with Crippen molar-refractivity contribution in [2.45, 2.75) is 19.3 Å². The molecule has 1 atom stereocenters. The lowest BCUT2D eigenvalue weighted by molar-refractivity contribution is -0.128. The molecular formula is C13H11N3O3S. The fraction of sp³-hybridized carbons (Fsp3) is 0.308. The molecule has 2 aliphatic rings. The van der Waals surface area contributed by atoms with Crippen molar-refractivity contribution in [3.8, 4) is 0 Å². The number of allylic oxidation sites excluding steroid dienone is 1. The second-order valence-electron chi connectivity index (χ2n) is 4.54. The second-order valence-corrected chi connectivity index (χ2v) is 5.54. The molecule has 0 saturated heterocycles. The monoisotopic (exact) mass is 289 g/mol. The Labute approximate surface area is 118 Å². The molecule has 20 heavy (non-hydrogen) atoms. The number of dihydropyridines is 1.